The first-order chi connectivity index (χ1) is 8.80. The maximum atomic E-state index is 5.40. The summed E-state index contributed by atoms with van der Waals surface area (Å²) in [5.41, 5.74) is 0. The minimum absolute atomic E-state index is 0.272. The van der Waals surface area contributed by atoms with E-state index in [1.807, 2.05) is 13.8 Å². The van der Waals surface area contributed by atoms with Crippen LogP contribution < -0.4 is 14.8 Å². The Kier molecular flexibility index (Phi) is 6.53. The first kappa shape index (κ1) is 14.2. The molecule has 0 aliphatic carbocycles. The third-order valence-corrected chi connectivity index (χ3v) is 1.92. The summed E-state index contributed by atoms with van der Waals surface area (Å²) in [4.78, 5) is 12.4. The number of ether oxygens (including phenoxy) is 2. The second kappa shape index (κ2) is 8.27. The van der Waals surface area contributed by atoms with Gasteiger partial charge in [-0.15, -0.1) is 11.6 Å². The molecule has 0 spiro atoms. The Hall–Kier alpha value is -1.85. The van der Waals surface area contributed by atoms with Crippen LogP contribution in [0.15, 0.2) is 12.7 Å². The molecule has 0 saturated carbocycles. The molecule has 0 radical (unpaired) electrons. The van der Waals surface area contributed by atoms with Gasteiger partial charge in [0.25, 0.3) is 0 Å². The predicted molar refractivity (Wildman–Crippen MR) is 70.1 cm³/mol. The van der Waals surface area contributed by atoms with Crippen LogP contribution >= 0.6 is 0 Å². The molecule has 0 bridgehead atoms. The van der Waals surface area contributed by atoms with Gasteiger partial charge in [-0.1, -0.05) is 13.0 Å². The smallest absolute Gasteiger partial charge is 0.324 e. The largest absolute Gasteiger partial charge is 0.463 e. The summed E-state index contributed by atoms with van der Waals surface area (Å²) < 4.78 is 10.8. The summed E-state index contributed by atoms with van der Waals surface area (Å²) in [5, 5.41) is 3.01. The molecule has 6 heteroatoms. The van der Waals surface area contributed by atoms with Gasteiger partial charge in [-0.2, -0.15) is 9.97 Å². The molecule has 6 nitrogen and oxygen atoms in total. The third-order valence-electron chi connectivity index (χ3n) is 1.92. The van der Waals surface area contributed by atoms with Crippen molar-refractivity contribution in [2.24, 2.45) is 0 Å². The minimum Gasteiger partial charge on any atom is -0.463 e. The van der Waals surface area contributed by atoms with E-state index in [0.717, 1.165) is 19.4 Å². The highest BCUT2D eigenvalue weighted by Gasteiger charge is 2.07. The van der Waals surface area contributed by atoms with Crippen LogP contribution in [0.3, 0.4) is 0 Å². The van der Waals surface area contributed by atoms with E-state index >= 15 is 0 Å². The van der Waals surface area contributed by atoms with Crippen LogP contribution in [0.25, 0.3) is 0 Å². The van der Waals surface area contributed by atoms with Gasteiger partial charge in [0.15, 0.2) is 0 Å². The van der Waals surface area contributed by atoms with Gasteiger partial charge in [0.2, 0.25) is 5.95 Å². The second-order valence-corrected chi connectivity index (χ2v) is 3.53. The summed E-state index contributed by atoms with van der Waals surface area (Å²) in [6, 6.07) is 0.560. The lowest BCUT2D eigenvalue weighted by Gasteiger charge is -2.08. The van der Waals surface area contributed by atoms with Gasteiger partial charge in [0.1, 0.15) is 0 Å². The number of anilines is 1. The van der Waals surface area contributed by atoms with Crippen molar-refractivity contribution in [2.45, 2.75) is 26.7 Å². The Balaban J connectivity index is 2.73. The Morgan fingerprint density at radius 1 is 1.11 bits per heavy atom. The Bertz CT molecular complexity index is 371. The van der Waals surface area contributed by atoms with E-state index in [4.69, 9.17) is 9.47 Å². The van der Waals surface area contributed by atoms with Gasteiger partial charge in [0, 0.05) is 6.54 Å². The van der Waals surface area contributed by atoms with Crippen LogP contribution in [0.4, 0.5) is 5.95 Å². The number of nitrogens with zero attached hydrogens (tertiary/aromatic N) is 3. The zero-order chi connectivity index (χ0) is 13.2. The average Bonchev–Trinajstić information content (AvgIpc) is 2.37. The molecular weight excluding hydrogens is 232 g/mol. The minimum atomic E-state index is 0.272. The number of aromatic nitrogens is 3. The summed E-state index contributed by atoms with van der Waals surface area (Å²) in [6.45, 7) is 9.40. The lowest BCUT2D eigenvalue weighted by molar-refractivity contribution is 0.265. The Morgan fingerprint density at radius 2 is 1.78 bits per heavy atom. The summed E-state index contributed by atoms with van der Waals surface area (Å²) >= 11 is 0. The molecule has 100 valence electrons. The van der Waals surface area contributed by atoms with Crippen LogP contribution in [-0.2, 0) is 0 Å². The molecular formula is C12H20N4O2. The first-order valence-corrected chi connectivity index (χ1v) is 6.16. The van der Waals surface area contributed by atoms with E-state index in [0.29, 0.717) is 19.2 Å². The van der Waals surface area contributed by atoms with Crippen LogP contribution in [0.2, 0.25) is 0 Å². The molecule has 0 aliphatic heterocycles. The summed E-state index contributed by atoms with van der Waals surface area (Å²) in [5.74, 6) is 0.465. The van der Waals surface area contributed by atoms with Crippen LogP contribution in [0, 0.1) is 0 Å². The lowest BCUT2D eigenvalue weighted by Crippen LogP contribution is -2.09. The molecule has 1 heterocycles. The van der Waals surface area contributed by atoms with Crippen LogP contribution in [-0.4, -0.2) is 34.7 Å². The molecule has 0 aliphatic rings. The van der Waals surface area contributed by atoms with Gasteiger partial charge >= 0.3 is 12.0 Å². The van der Waals surface area contributed by atoms with Crippen molar-refractivity contribution < 1.29 is 9.47 Å². The molecule has 0 amide bonds. The Labute approximate surface area is 107 Å². The Morgan fingerprint density at radius 3 is 2.33 bits per heavy atom. The SMILES string of the molecule is C=CCCOc1nc(NCC)nc(OCCC)n1. The zero-order valence-electron chi connectivity index (χ0n) is 11.0. The molecule has 18 heavy (non-hydrogen) atoms. The van der Waals surface area contributed by atoms with E-state index in [9.17, 15) is 0 Å². The van der Waals surface area contributed by atoms with Gasteiger partial charge in [-0.25, -0.2) is 0 Å². The summed E-state index contributed by atoms with van der Waals surface area (Å²) in [7, 11) is 0. The molecule has 0 aromatic carbocycles. The van der Waals surface area contributed by atoms with Crippen molar-refractivity contribution in [3.05, 3.63) is 12.7 Å². The zero-order valence-corrected chi connectivity index (χ0v) is 11.0. The molecule has 0 fully saturated rings. The van der Waals surface area contributed by atoms with Gasteiger partial charge in [0.05, 0.1) is 13.2 Å². The predicted octanol–water partition coefficient (Wildman–Crippen LogP) is 2.05. The van der Waals surface area contributed by atoms with E-state index in [2.05, 4.69) is 26.8 Å². The van der Waals surface area contributed by atoms with Crippen molar-refractivity contribution in [3.63, 3.8) is 0 Å². The fourth-order valence-electron chi connectivity index (χ4n) is 1.13. The standard InChI is InChI=1S/C12H20N4O2/c1-4-7-9-18-12-15-10(13-6-3)14-11(16-12)17-8-5-2/h4H,1,5-9H2,2-3H3,(H,13,14,15,16). The number of hydrogen-bond donors (Lipinski definition) is 1. The molecule has 1 N–H and O–H groups in total. The van der Waals surface area contributed by atoms with Crippen molar-refractivity contribution >= 4 is 5.95 Å². The molecule has 0 atom stereocenters. The molecule has 1 aromatic heterocycles. The maximum absolute atomic E-state index is 5.40. The third kappa shape index (κ3) is 4.99. The quantitative estimate of drug-likeness (QED) is 0.536. The lowest BCUT2D eigenvalue weighted by atomic mass is 10.5. The number of hydrogen-bond acceptors (Lipinski definition) is 6. The van der Waals surface area contributed by atoms with Gasteiger partial charge in [-0.05, 0) is 19.8 Å². The van der Waals surface area contributed by atoms with Crippen molar-refractivity contribution in [3.8, 4) is 12.0 Å². The second-order valence-electron chi connectivity index (χ2n) is 3.53. The highest BCUT2D eigenvalue weighted by atomic mass is 16.5. The van der Waals surface area contributed by atoms with Crippen molar-refractivity contribution in [1.82, 2.24) is 15.0 Å². The number of rotatable bonds is 9. The molecule has 1 rings (SSSR count). The fraction of sp³-hybridized carbons (Fsp3) is 0.583. The average molecular weight is 252 g/mol. The van der Waals surface area contributed by atoms with Crippen molar-refractivity contribution in [1.29, 1.82) is 0 Å². The number of nitrogens with one attached hydrogen (secondary N) is 1. The molecule has 0 saturated heterocycles. The van der Waals surface area contributed by atoms with Gasteiger partial charge in [-0.3, -0.25) is 0 Å². The molecule has 1 aromatic rings. The monoisotopic (exact) mass is 252 g/mol. The van der Waals surface area contributed by atoms with E-state index < -0.39 is 0 Å². The summed E-state index contributed by atoms with van der Waals surface area (Å²) in [6.07, 6.45) is 3.42. The van der Waals surface area contributed by atoms with Crippen LogP contribution in [0.5, 0.6) is 12.0 Å². The van der Waals surface area contributed by atoms with Crippen molar-refractivity contribution in [2.75, 3.05) is 25.1 Å². The van der Waals surface area contributed by atoms with Gasteiger partial charge < -0.3 is 14.8 Å². The van der Waals surface area contributed by atoms with E-state index in [-0.39, 0.29) is 12.0 Å². The maximum Gasteiger partial charge on any atom is 0.324 e. The molecule has 0 unspecified atom stereocenters. The highest BCUT2D eigenvalue weighted by molar-refractivity contribution is 5.27. The highest BCUT2D eigenvalue weighted by Crippen LogP contribution is 2.13. The van der Waals surface area contributed by atoms with E-state index in [1.165, 1.54) is 0 Å². The fourth-order valence-corrected chi connectivity index (χ4v) is 1.13. The first-order valence-electron chi connectivity index (χ1n) is 6.16. The van der Waals surface area contributed by atoms with Crippen LogP contribution in [0.1, 0.15) is 26.7 Å². The normalized spacial score (nSPS) is 9.89. The van der Waals surface area contributed by atoms with E-state index in [1.54, 1.807) is 6.08 Å². The topological polar surface area (TPSA) is 69.2 Å².